The number of nitrogens with one attached hydrogen (secondary N) is 1. The second-order valence-corrected chi connectivity index (χ2v) is 8.92. The van der Waals surface area contributed by atoms with E-state index in [1.807, 2.05) is 37.3 Å². The number of rotatable bonds is 6. The molecule has 0 aliphatic rings. The van der Waals surface area contributed by atoms with Crippen molar-refractivity contribution in [1.82, 2.24) is 19.2 Å². The second kappa shape index (κ2) is 9.30. The fourth-order valence-electron chi connectivity index (χ4n) is 3.75. The minimum atomic E-state index is -1.04. The molecular weight excluding hydrogens is 472 g/mol. The van der Waals surface area contributed by atoms with Crippen LogP contribution in [-0.2, 0) is 11.3 Å². The number of benzene rings is 3. The summed E-state index contributed by atoms with van der Waals surface area (Å²) in [7, 11) is 0. The zero-order chi connectivity index (χ0) is 24.5. The number of fused-ring (bicyclic) bond motifs is 3. The van der Waals surface area contributed by atoms with Crippen molar-refractivity contribution in [1.29, 1.82) is 0 Å². The van der Waals surface area contributed by atoms with Gasteiger partial charge in [0.25, 0.3) is 5.56 Å². The monoisotopic (exact) mass is 491 g/mol. The van der Waals surface area contributed by atoms with E-state index in [0.29, 0.717) is 28.4 Å². The van der Waals surface area contributed by atoms with Crippen LogP contribution in [0.15, 0.2) is 76.7 Å². The zero-order valence-electron chi connectivity index (χ0n) is 18.5. The predicted octanol–water partition coefficient (Wildman–Crippen LogP) is 4.41. The largest absolute Gasteiger partial charge is 0.325 e. The number of hydrogen-bond donors (Lipinski definition) is 1. The maximum absolute atomic E-state index is 13.4. The fraction of sp³-hybridized carbons (Fsp3) is 0.120. The second-order valence-electron chi connectivity index (χ2n) is 7.98. The lowest BCUT2D eigenvalue weighted by Gasteiger charge is -2.11. The Hall–Kier alpha value is -4.05. The first-order chi connectivity index (χ1) is 16.9. The Labute approximate surface area is 202 Å². The van der Waals surface area contributed by atoms with Crippen LogP contribution >= 0.6 is 11.8 Å². The summed E-state index contributed by atoms with van der Waals surface area (Å²) in [4.78, 5) is 25.7. The van der Waals surface area contributed by atoms with Crippen molar-refractivity contribution in [3.05, 3.63) is 99.8 Å². The molecule has 0 radical (unpaired) electrons. The number of nitrogens with zero attached hydrogens (tertiary/aromatic N) is 4. The van der Waals surface area contributed by atoms with E-state index in [2.05, 4.69) is 15.5 Å². The number of para-hydroxylation sites is 1. The number of halogens is 2. The average Bonchev–Trinajstić information content (AvgIpc) is 3.28. The van der Waals surface area contributed by atoms with E-state index in [-0.39, 0.29) is 17.0 Å². The first-order valence-electron chi connectivity index (χ1n) is 10.7. The third-order valence-electron chi connectivity index (χ3n) is 5.48. The number of thioether (sulfide) groups is 1. The highest BCUT2D eigenvalue weighted by molar-refractivity contribution is 7.99. The number of carbonyl (C=O) groups is 1. The molecule has 0 aliphatic carbocycles. The van der Waals surface area contributed by atoms with Gasteiger partial charge in [0.2, 0.25) is 11.7 Å². The van der Waals surface area contributed by atoms with Gasteiger partial charge in [-0.2, -0.15) is 0 Å². The van der Waals surface area contributed by atoms with E-state index in [0.717, 1.165) is 35.0 Å². The number of anilines is 1. The summed E-state index contributed by atoms with van der Waals surface area (Å²) in [5, 5.41) is 12.0. The van der Waals surface area contributed by atoms with Crippen molar-refractivity contribution < 1.29 is 13.6 Å². The van der Waals surface area contributed by atoms with Crippen LogP contribution in [0.2, 0.25) is 0 Å². The lowest BCUT2D eigenvalue weighted by molar-refractivity contribution is -0.113. The van der Waals surface area contributed by atoms with Crippen molar-refractivity contribution in [3.63, 3.8) is 0 Å². The van der Waals surface area contributed by atoms with Gasteiger partial charge in [0.1, 0.15) is 0 Å². The van der Waals surface area contributed by atoms with Crippen LogP contribution in [0.5, 0.6) is 0 Å². The molecule has 2 heterocycles. The van der Waals surface area contributed by atoms with Crippen molar-refractivity contribution in [3.8, 4) is 0 Å². The maximum Gasteiger partial charge on any atom is 0.263 e. The first kappa shape index (κ1) is 22.7. The highest BCUT2D eigenvalue weighted by Gasteiger charge is 2.18. The van der Waals surface area contributed by atoms with Crippen LogP contribution in [0, 0.1) is 18.6 Å². The SMILES string of the molecule is Cc1ccc(Cn2c(=O)c3ccccc3n3c(SCC(=O)Nc4ccc(F)c(F)c4)nnc23)cc1. The molecule has 0 bridgehead atoms. The number of aryl methyl sites for hydroxylation is 1. The molecule has 5 aromatic rings. The highest BCUT2D eigenvalue weighted by Crippen LogP contribution is 2.23. The molecule has 176 valence electrons. The lowest BCUT2D eigenvalue weighted by atomic mass is 10.1. The van der Waals surface area contributed by atoms with E-state index in [4.69, 9.17) is 0 Å². The zero-order valence-corrected chi connectivity index (χ0v) is 19.4. The topological polar surface area (TPSA) is 81.3 Å². The molecule has 10 heteroatoms. The molecule has 5 rings (SSSR count). The molecule has 0 saturated heterocycles. The summed E-state index contributed by atoms with van der Waals surface area (Å²) in [5.41, 5.74) is 2.65. The van der Waals surface area contributed by atoms with Crippen LogP contribution in [0.25, 0.3) is 16.7 Å². The van der Waals surface area contributed by atoms with Gasteiger partial charge in [-0.1, -0.05) is 53.7 Å². The smallest absolute Gasteiger partial charge is 0.263 e. The van der Waals surface area contributed by atoms with Crippen LogP contribution < -0.4 is 10.9 Å². The van der Waals surface area contributed by atoms with E-state index >= 15 is 0 Å². The van der Waals surface area contributed by atoms with Gasteiger partial charge in [-0.05, 0) is 36.8 Å². The standard InChI is InChI=1S/C25H19F2N5O2S/c1-15-6-8-16(9-7-15)13-31-23(34)18-4-2-3-5-21(18)32-24(31)29-30-25(32)35-14-22(33)28-17-10-11-19(26)20(27)12-17/h2-12H,13-14H2,1H3,(H,28,33). The van der Waals surface area contributed by atoms with Crippen molar-refractivity contribution >= 4 is 40.0 Å². The number of carbonyl (C=O) groups excluding carboxylic acids is 1. The van der Waals surface area contributed by atoms with E-state index in [1.165, 1.54) is 6.07 Å². The Morgan fingerprint density at radius 2 is 1.77 bits per heavy atom. The van der Waals surface area contributed by atoms with Gasteiger partial charge in [0.15, 0.2) is 16.8 Å². The van der Waals surface area contributed by atoms with Crippen LogP contribution in [0.4, 0.5) is 14.5 Å². The molecule has 0 saturated carbocycles. The van der Waals surface area contributed by atoms with Crippen molar-refractivity contribution in [2.45, 2.75) is 18.6 Å². The molecule has 0 aliphatic heterocycles. The predicted molar refractivity (Wildman–Crippen MR) is 131 cm³/mol. The highest BCUT2D eigenvalue weighted by atomic mass is 32.2. The summed E-state index contributed by atoms with van der Waals surface area (Å²) in [5.74, 6) is -2.15. The Kier molecular flexibility index (Phi) is 6.04. The van der Waals surface area contributed by atoms with E-state index in [1.54, 1.807) is 27.2 Å². The molecule has 3 aromatic carbocycles. The minimum absolute atomic E-state index is 0.0504. The van der Waals surface area contributed by atoms with Crippen molar-refractivity contribution in [2.24, 2.45) is 0 Å². The summed E-state index contributed by atoms with van der Waals surface area (Å²) >= 11 is 1.12. The molecule has 7 nitrogen and oxygen atoms in total. The van der Waals surface area contributed by atoms with Gasteiger partial charge in [0, 0.05) is 11.8 Å². The Morgan fingerprint density at radius 3 is 2.54 bits per heavy atom. The molecule has 0 fully saturated rings. The van der Waals surface area contributed by atoms with Gasteiger partial charge in [0.05, 0.1) is 23.2 Å². The van der Waals surface area contributed by atoms with Gasteiger partial charge in [-0.15, -0.1) is 10.2 Å². The average molecular weight is 492 g/mol. The van der Waals surface area contributed by atoms with Crippen LogP contribution in [0.1, 0.15) is 11.1 Å². The van der Waals surface area contributed by atoms with Gasteiger partial charge in [-0.3, -0.25) is 18.6 Å². The molecule has 2 aromatic heterocycles. The summed E-state index contributed by atoms with van der Waals surface area (Å²) in [6.07, 6.45) is 0. The van der Waals surface area contributed by atoms with Crippen LogP contribution in [0.3, 0.4) is 0 Å². The van der Waals surface area contributed by atoms with E-state index in [9.17, 15) is 18.4 Å². The molecule has 0 unspecified atom stereocenters. The summed E-state index contributed by atoms with van der Waals surface area (Å²) in [6, 6.07) is 18.2. The maximum atomic E-state index is 13.4. The quantitative estimate of drug-likeness (QED) is 0.356. The van der Waals surface area contributed by atoms with Gasteiger partial charge < -0.3 is 5.32 Å². The number of hydrogen-bond acceptors (Lipinski definition) is 5. The Morgan fingerprint density at radius 1 is 1.00 bits per heavy atom. The van der Waals surface area contributed by atoms with Crippen LogP contribution in [-0.4, -0.2) is 30.8 Å². The molecular formula is C25H19F2N5O2S. The molecule has 1 amide bonds. The van der Waals surface area contributed by atoms with Gasteiger partial charge in [-0.25, -0.2) is 8.78 Å². The fourth-order valence-corrected chi connectivity index (χ4v) is 4.49. The number of amides is 1. The summed E-state index contributed by atoms with van der Waals surface area (Å²) in [6.45, 7) is 2.31. The molecule has 0 atom stereocenters. The minimum Gasteiger partial charge on any atom is -0.325 e. The van der Waals surface area contributed by atoms with Crippen molar-refractivity contribution in [2.75, 3.05) is 11.1 Å². The lowest BCUT2D eigenvalue weighted by Crippen LogP contribution is -2.24. The Bertz CT molecular complexity index is 1630. The normalized spacial score (nSPS) is 11.3. The third-order valence-corrected chi connectivity index (χ3v) is 6.40. The Balaban J connectivity index is 1.48. The molecule has 0 spiro atoms. The molecule has 35 heavy (non-hydrogen) atoms. The first-order valence-corrected chi connectivity index (χ1v) is 11.7. The number of aromatic nitrogens is 4. The summed E-state index contributed by atoms with van der Waals surface area (Å²) < 4.78 is 29.9. The van der Waals surface area contributed by atoms with Gasteiger partial charge >= 0.3 is 0 Å². The third kappa shape index (κ3) is 4.52. The van der Waals surface area contributed by atoms with E-state index < -0.39 is 17.5 Å². The molecule has 1 N–H and O–H groups in total.